The van der Waals surface area contributed by atoms with Crippen LogP contribution in [0.5, 0.6) is 0 Å². The predicted octanol–water partition coefficient (Wildman–Crippen LogP) is 0.776. The Morgan fingerprint density at radius 3 is 2.88 bits per heavy atom. The van der Waals surface area contributed by atoms with E-state index in [-0.39, 0.29) is 0 Å². The summed E-state index contributed by atoms with van der Waals surface area (Å²) in [4.78, 5) is 2.37. The molecule has 1 N–H and O–H groups in total. The second-order valence-electron chi connectivity index (χ2n) is 4.73. The van der Waals surface area contributed by atoms with Crippen molar-refractivity contribution in [3.8, 4) is 0 Å². The van der Waals surface area contributed by atoms with Gasteiger partial charge in [-0.05, 0) is 32.5 Å². The Kier molecular flexibility index (Phi) is 3.61. The monoisotopic (exact) mass is 222 g/mol. The van der Waals surface area contributed by atoms with Crippen LogP contribution in [0.3, 0.4) is 0 Å². The average molecular weight is 222 g/mol. The number of likely N-dealkylation sites (N-methyl/N-ethyl adjacent to an activating group) is 1. The number of rotatable bonds is 4. The summed E-state index contributed by atoms with van der Waals surface area (Å²) in [6.07, 6.45) is 2.27. The minimum atomic E-state index is 0.643. The van der Waals surface area contributed by atoms with Crippen LogP contribution in [-0.4, -0.2) is 40.9 Å². The lowest BCUT2D eigenvalue weighted by molar-refractivity contribution is 0.396. The van der Waals surface area contributed by atoms with E-state index in [1.807, 2.05) is 11.7 Å². The fourth-order valence-electron chi connectivity index (χ4n) is 2.26. The smallest absolute Gasteiger partial charge is 0.0625 e. The lowest BCUT2D eigenvalue weighted by atomic mass is 10.2. The number of aryl methyl sites for hydroxylation is 2. The number of nitrogens with one attached hydrogen (secondary N) is 1. The molecule has 2 rings (SSSR count). The van der Waals surface area contributed by atoms with Gasteiger partial charge in [0.05, 0.1) is 11.4 Å². The highest BCUT2D eigenvalue weighted by Gasteiger charge is 2.18. The summed E-state index contributed by atoms with van der Waals surface area (Å²) in [5.41, 5.74) is 2.47. The maximum atomic E-state index is 4.46. The molecule has 0 aliphatic carbocycles. The van der Waals surface area contributed by atoms with Crippen LogP contribution in [0.4, 0.5) is 0 Å². The van der Waals surface area contributed by atoms with E-state index in [9.17, 15) is 0 Å². The summed E-state index contributed by atoms with van der Waals surface area (Å²) in [7, 11) is 4.21. The van der Waals surface area contributed by atoms with Crippen LogP contribution in [0.2, 0.25) is 0 Å². The molecule has 1 unspecified atom stereocenters. The van der Waals surface area contributed by atoms with Crippen molar-refractivity contribution in [2.45, 2.75) is 32.4 Å². The van der Waals surface area contributed by atoms with E-state index in [0.29, 0.717) is 6.04 Å². The average Bonchev–Trinajstić information content (AvgIpc) is 2.82. The molecule has 1 aromatic rings. The van der Waals surface area contributed by atoms with Gasteiger partial charge >= 0.3 is 0 Å². The van der Waals surface area contributed by atoms with Crippen molar-refractivity contribution in [2.75, 3.05) is 20.1 Å². The van der Waals surface area contributed by atoms with Crippen molar-refractivity contribution < 1.29 is 0 Å². The largest absolute Gasteiger partial charge is 0.307 e. The first-order valence-corrected chi connectivity index (χ1v) is 6.12. The molecule has 1 aliphatic heterocycles. The minimum Gasteiger partial charge on any atom is -0.307 e. The molecule has 0 amide bonds. The highest BCUT2D eigenvalue weighted by molar-refractivity contribution is 5.10. The summed E-state index contributed by atoms with van der Waals surface area (Å²) in [5.74, 6) is 0. The Hall–Kier alpha value is -0.870. The van der Waals surface area contributed by atoms with E-state index in [4.69, 9.17) is 0 Å². The molecule has 2 heterocycles. The standard InChI is InChI=1S/C12H22N4/c1-4-10-7-12(16(3)14-10)8-13-11-5-6-15(2)9-11/h7,11,13H,4-6,8-9H2,1-3H3. The Morgan fingerprint density at radius 2 is 2.31 bits per heavy atom. The van der Waals surface area contributed by atoms with E-state index in [1.54, 1.807) is 0 Å². The number of hydrogen-bond acceptors (Lipinski definition) is 3. The quantitative estimate of drug-likeness (QED) is 0.817. The summed E-state index contributed by atoms with van der Waals surface area (Å²) in [6.45, 7) is 5.45. The van der Waals surface area contributed by atoms with Gasteiger partial charge in [-0.1, -0.05) is 6.92 Å². The normalized spacial score (nSPS) is 21.8. The van der Waals surface area contributed by atoms with Crippen LogP contribution < -0.4 is 5.32 Å². The van der Waals surface area contributed by atoms with Gasteiger partial charge in [0, 0.05) is 26.2 Å². The van der Waals surface area contributed by atoms with Crippen LogP contribution in [-0.2, 0) is 20.0 Å². The third-order valence-corrected chi connectivity index (χ3v) is 3.35. The maximum absolute atomic E-state index is 4.46. The molecule has 1 aromatic heterocycles. The number of aromatic nitrogens is 2. The number of nitrogens with zero attached hydrogens (tertiary/aromatic N) is 3. The first kappa shape index (κ1) is 11.6. The molecule has 4 heteroatoms. The van der Waals surface area contributed by atoms with Crippen molar-refractivity contribution >= 4 is 0 Å². The minimum absolute atomic E-state index is 0.643. The molecule has 0 saturated carbocycles. The SMILES string of the molecule is CCc1cc(CNC2CCN(C)C2)n(C)n1. The summed E-state index contributed by atoms with van der Waals surface area (Å²) in [5, 5.41) is 8.06. The molecule has 1 saturated heterocycles. The van der Waals surface area contributed by atoms with Gasteiger partial charge in [0.1, 0.15) is 0 Å². The molecule has 1 atom stereocenters. The fraction of sp³-hybridized carbons (Fsp3) is 0.750. The van der Waals surface area contributed by atoms with Crippen molar-refractivity contribution in [3.05, 3.63) is 17.5 Å². The Balaban J connectivity index is 1.86. The molecular weight excluding hydrogens is 200 g/mol. The molecule has 0 aromatic carbocycles. The second kappa shape index (κ2) is 4.97. The number of hydrogen-bond donors (Lipinski definition) is 1. The van der Waals surface area contributed by atoms with E-state index in [1.165, 1.54) is 30.9 Å². The molecule has 1 aliphatic rings. The lowest BCUT2D eigenvalue weighted by Gasteiger charge is -2.12. The van der Waals surface area contributed by atoms with Crippen molar-refractivity contribution in [3.63, 3.8) is 0 Å². The fourth-order valence-corrected chi connectivity index (χ4v) is 2.26. The topological polar surface area (TPSA) is 33.1 Å². The first-order valence-electron chi connectivity index (χ1n) is 6.12. The highest BCUT2D eigenvalue weighted by Crippen LogP contribution is 2.08. The summed E-state index contributed by atoms with van der Waals surface area (Å²) in [6, 6.07) is 2.84. The zero-order valence-electron chi connectivity index (χ0n) is 10.5. The van der Waals surface area contributed by atoms with Gasteiger partial charge in [-0.15, -0.1) is 0 Å². The maximum Gasteiger partial charge on any atom is 0.0625 e. The van der Waals surface area contributed by atoms with E-state index < -0.39 is 0 Å². The molecule has 90 valence electrons. The third-order valence-electron chi connectivity index (χ3n) is 3.35. The van der Waals surface area contributed by atoms with Crippen LogP contribution in [0.1, 0.15) is 24.7 Å². The van der Waals surface area contributed by atoms with Crippen LogP contribution in [0.15, 0.2) is 6.07 Å². The van der Waals surface area contributed by atoms with Crippen molar-refractivity contribution in [2.24, 2.45) is 7.05 Å². The van der Waals surface area contributed by atoms with E-state index >= 15 is 0 Å². The van der Waals surface area contributed by atoms with Gasteiger partial charge in [-0.2, -0.15) is 5.10 Å². The molecule has 1 fully saturated rings. The predicted molar refractivity (Wildman–Crippen MR) is 65.3 cm³/mol. The third kappa shape index (κ3) is 2.62. The van der Waals surface area contributed by atoms with Crippen LogP contribution >= 0.6 is 0 Å². The van der Waals surface area contributed by atoms with Crippen LogP contribution in [0, 0.1) is 0 Å². The van der Waals surface area contributed by atoms with Gasteiger partial charge in [0.15, 0.2) is 0 Å². The van der Waals surface area contributed by atoms with Crippen molar-refractivity contribution in [1.29, 1.82) is 0 Å². The summed E-state index contributed by atoms with van der Waals surface area (Å²) < 4.78 is 1.99. The Bertz CT molecular complexity index is 345. The summed E-state index contributed by atoms with van der Waals surface area (Å²) >= 11 is 0. The number of likely N-dealkylation sites (tertiary alicyclic amines) is 1. The van der Waals surface area contributed by atoms with Gasteiger partial charge < -0.3 is 10.2 Å². The first-order chi connectivity index (χ1) is 7.69. The molecule has 16 heavy (non-hydrogen) atoms. The second-order valence-corrected chi connectivity index (χ2v) is 4.73. The highest BCUT2D eigenvalue weighted by atomic mass is 15.3. The Morgan fingerprint density at radius 1 is 1.50 bits per heavy atom. The van der Waals surface area contributed by atoms with Gasteiger partial charge in [0.25, 0.3) is 0 Å². The zero-order valence-corrected chi connectivity index (χ0v) is 10.5. The van der Waals surface area contributed by atoms with Gasteiger partial charge in [-0.3, -0.25) is 4.68 Å². The molecule has 4 nitrogen and oxygen atoms in total. The molecule has 0 radical (unpaired) electrons. The van der Waals surface area contributed by atoms with Gasteiger partial charge in [-0.25, -0.2) is 0 Å². The van der Waals surface area contributed by atoms with Crippen molar-refractivity contribution in [1.82, 2.24) is 20.0 Å². The molecular formula is C12H22N4. The molecule has 0 bridgehead atoms. The van der Waals surface area contributed by atoms with E-state index in [0.717, 1.165) is 13.0 Å². The Labute approximate surface area is 97.6 Å². The van der Waals surface area contributed by atoms with E-state index in [2.05, 4.69) is 35.4 Å². The van der Waals surface area contributed by atoms with Crippen LogP contribution in [0.25, 0.3) is 0 Å². The zero-order chi connectivity index (χ0) is 11.5. The van der Waals surface area contributed by atoms with Gasteiger partial charge in [0.2, 0.25) is 0 Å². The molecule has 0 spiro atoms. The lowest BCUT2D eigenvalue weighted by Crippen LogP contribution is -2.31.